The highest BCUT2D eigenvalue weighted by Gasteiger charge is 2.28. The highest BCUT2D eigenvalue weighted by atomic mass is 16.5. The number of rotatable bonds is 5. The Morgan fingerprint density at radius 2 is 1.81 bits per heavy atom. The zero-order valence-corrected chi connectivity index (χ0v) is 16.4. The van der Waals surface area contributed by atoms with E-state index in [0.717, 1.165) is 38.3 Å². The number of nitrogens with one attached hydrogen (secondary N) is 1. The molecule has 2 aliphatic rings. The number of hydrogen-bond donors (Lipinski definition) is 1. The Hall–Kier alpha value is -1.75. The van der Waals surface area contributed by atoms with Gasteiger partial charge in [-0.3, -0.25) is 9.69 Å². The van der Waals surface area contributed by atoms with Gasteiger partial charge in [0.05, 0.1) is 13.7 Å². The summed E-state index contributed by atoms with van der Waals surface area (Å²) in [5.74, 6) is 2.37. The second-order valence-electron chi connectivity index (χ2n) is 7.90. The molecule has 1 heterocycles. The molecule has 1 aromatic carbocycles. The van der Waals surface area contributed by atoms with E-state index in [2.05, 4.69) is 41.1 Å². The quantitative estimate of drug-likeness (QED) is 0.878. The van der Waals surface area contributed by atoms with Crippen molar-refractivity contribution in [2.75, 3.05) is 44.7 Å². The fourth-order valence-electron chi connectivity index (χ4n) is 4.20. The first-order valence-electron chi connectivity index (χ1n) is 9.97. The van der Waals surface area contributed by atoms with E-state index in [4.69, 9.17) is 4.74 Å². The predicted molar refractivity (Wildman–Crippen MR) is 106 cm³/mol. The summed E-state index contributed by atoms with van der Waals surface area (Å²) in [6.07, 6.45) is 3.65. The van der Waals surface area contributed by atoms with E-state index in [1.54, 1.807) is 7.11 Å². The van der Waals surface area contributed by atoms with Crippen molar-refractivity contribution >= 4 is 11.6 Å². The molecule has 1 aliphatic heterocycles. The van der Waals surface area contributed by atoms with Crippen LogP contribution in [0.2, 0.25) is 0 Å². The minimum atomic E-state index is 0.189. The summed E-state index contributed by atoms with van der Waals surface area (Å²) in [6.45, 7) is 8.87. The maximum absolute atomic E-state index is 12.5. The Kier molecular flexibility index (Phi) is 6.41. The molecule has 144 valence electrons. The Morgan fingerprint density at radius 1 is 1.12 bits per heavy atom. The summed E-state index contributed by atoms with van der Waals surface area (Å²) < 4.78 is 5.22. The topological polar surface area (TPSA) is 44.8 Å². The van der Waals surface area contributed by atoms with Crippen LogP contribution in [0, 0.1) is 11.8 Å². The average molecular weight is 360 g/mol. The molecule has 2 fully saturated rings. The summed E-state index contributed by atoms with van der Waals surface area (Å²) in [5, 5.41) is 3.29. The predicted octanol–water partition coefficient (Wildman–Crippen LogP) is 2.76. The van der Waals surface area contributed by atoms with Crippen LogP contribution in [0.4, 0.5) is 5.69 Å². The van der Waals surface area contributed by atoms with Crippen molar-refractivity contribution in [2.24, 2.45) is 11.8 Å². The lowest BCUT2D eigenvalue weighted by Crippen LogP contribution is -2.52. The Balaban J connectivity index is 1.43. The monoisotopic (exact) mass is 359 g/mol. The van der Waals surface area contributed by atoms with Crippen LogP contribution in [-0.2, 0) is 4.79 Å². The van der Waals surface area contributed by atoms with E-state index < -0.39 is 0 Å². The molecule has 1 amide bonds. The van der Waals surface area contributed by atoms with Crippen LogP contribution in [0.3, 0.4) is 0 Å². The number of carbonyl (C=O) groups is 1. The number of piperazine rings is 1. The average Bonchev–Trinajstić information content (AvgIpc) is 2.66. The van der Waals surface area contributed by atoms with Gasteiger partial charge < -0.3 is 15.0 Å². The van der Waals surface area contributed by atoms with Crippen molar-refractivity contribution < 1.29 is 9.53 Å². The van der Waals surface area contributed by atoms with E-state index in [1.165, 1.54) is 18.5 Å². The van der Waals surface area contributed by atoms with Gasteiger partial charge in [0, 0.05) is 37.9 Å². The zero-order chi connectivity index (χ0) is 18.5. The van der Waals surface area contributed by atoms with E-state index >= 15 is 0 Å². The van der Waals surface area contributed by atoms with Gasteiger partial charge in [0.1, 0.15) is 5.75 Å². The number of amides is 1. The molecule has 1 saturated carbocycles. The normalized spacial score (nSPS) is 27.2. The van der Waals surface area contributed by atoms with Gasteiger partial charge in [-0.1, -0.05) is 26.7 Å². The van der Waals surface area contributed by atoms with E-state index in [0.29, 0.717) is 24.4 Å². The molecule has 0 unspecified atom stereocenters. The van der Waals surface area contributed by atoms with E-state index in [9.17, 15) is 4.79 Å². The van der Waals surface area contributed by atoms with Crippen LogP contribution >= 0.6 is 0 Å². The molecule has 3 atom stereocenters. The maximum atomic E-state index is 12.5. The fraction of sp³-hybridized carbons (Fsp3) is 0.667. The molecule has 0 aromatic heterocycles. The van der Waals surface area contributed by atoms with E-state index in [-0.39, 0.29) is 5.91 Å². The first-order valence-corrected chi connectivity index (χ1v) is 9.97. The molecular formula is C21H33N3O2. The van der Waals surface area contributed by atoms with Crippen molar-refractivity contribution in [3.8, 4) is 5.75 Å². The van der Waals surface area contributed by atoms with Crippen LogP contribution in [0.15, 0.2) is 24.3 Å². The van der Waals surface area contributed by atoms with Gasteiger partial charge >= 0.3 is 0 Å². The molecule has 0 spiro atoms. The number of ether oxygens (including phenoxy) is 1. The molecule has 1 aromatic rings. The van der Waals surface area contributed by atoms with Crippen molar-refractivity contribution in [3.63, 3.8) is 0 Å². The smallest absolute Gasteiger partial charge is 0.234 e. The molecule has 1 N–H and O–H groups in total. The Labute approximate surface area is 157 Å². The number of nitrogens with zero attached hydrogens (tertiary/aromatic N) is 2. The van der Waals surface area contributed by atoms with Crippen LogP contribution in [0.1, 0.15) is 33.1 Å². The van der Waals surface area contributed by atoms with Crippen LogP contribution in [0.25, 0.3) is 0 Å². The Morgan fingerprint density at radius 3 is 2.46 bits per heavy atom. The van der Waals surface area contributed by atoms with Gasteiger partial charge in [-0.25, -0.2) is 0 Å². The lowest BCUT2D eigenvalue weighted by Gasteiger charge is -2.37. The SMILES string of the molecule is COc1ccc(N2CCN(CC(=O)N[C@H]3CCC[C@H](C)[C@H]3C)CC2)cc1. The van der Waals surface area contributed by atoms with Crippen LogP contribution < -0.4 is 15.0 Å². The van der Waals surface area contributed by atoms with Crippen molar-refractivity contribution in [2.45, 2.75) is 39.2 Å². The maximum Gasteiger partial charge on any atom is 0.234 e. The number of methoxy groups -OCH3 is 1. The van der Waals surface area contributed by atoms with Gasteiger partial charge in [-0.2, -0.15) is 0 Å². The van der Waals surface area contributed by atoms with Gasteiger partial charge in [0.15, 0.2) is 0 Å². The third kappa shape index (κ3) is 4.70. The molecule has 3 rings (SSSR count). The van der Waals surface area contributed by atoms with Gasteiger partial charge in [-0.05, 0) is 42.5 Å². The van der Waals surface area contributed by atoms with Crippen LogP contribution in [-0.4, -0.2) is 56.7 Å². The van der Waals surface area contributed by atoms with Crippen molar-refractivity contribution in [1.29, 1.82) is 0 Å². The standard InChI is InChI=1S/C21H33N3O2/c1-16-5-4-6-20(17(16)2)22-21(25)15-23-11-13-24(14-12-23)18-7-9-19(26-3)10-8-18/h7-10,16-17,20H,4-6,11-15H2,1-3H3,(H,22,25)/t16-,17+,20-/m0/s1. The molecule has 1 saturated heterocycles. The lowest BCUT2D eigenvalue weighted by molar-refractivity contribution is -0.123. The lowest BCUT2D eigenvalue weighted by atomic mass is 9.78. The zero-order valence-electron chi connectivity index (χ0n) is 16.4. The molecule has 0 radical (unpaired) electrons. The number of benzene rings is 1. The summed E-state index contributed by atoms with van der Waals surface area (Å²) in [6, 6.07) is 8.56. The summed E-state index contributed by atoms with van der Waals surface area (Å²) in [4.78, 5) is 17.1. The Bertz CT molecular complexity index is 581. The number of carbonyl (C=O) groups excluding carboxylic acids is 1. The molecular weight excluding hydrogens is 326 g/mol. The molecule has 26 heavy (non-hydrogen) atoms. The first-order chi connectivity index (χ1) is 12.6. The summed E-state index contributed by atoms with van der Waals surface area (Å²) in [7, 11) is 1.69. The fourth-order valence-corrected chi connectivity index (χ4v) is 4.20. The molecule has 1 aliphatic carbocycles. The summed E-state index contributed by atoms with van der Waals surface area (Å²) >= 11 is 0. The van der Waals surface area contributed by atoms with Gasteiger partial charge in [0.25, 0.3) is 0 Å². The van der Waals surface area contributed by atoms with Crippen molar-refractivity contribution in [1.82, 2.24) is 10.2 Å². The molecule has 5 nitrogen and oxygen atoms in total. The summed E-state index contributed by atoms with van der Waals surface area (Å²) in [5.41, 5.74) is 1.22. The largest absolute Gasteiger partial charge is 0.497 e. The number of hydrogen-bond acceptors (Lipinski definition) is 4. The first kappa shape index (κ1) is 19.0. The highest BCUT2D eigenvalue weighted by Crippen LogP contribution is 2.29. The van der Waals surface area contributed by atoms with Crippen LogP contribution in [0.5, 0.6) is 5.75 Å². The molecule has 5 heteroatoms. The van der Waals surface area contributed by atoms with Gasteiger partial charge in [0.2, 0.25) is 5.91 Å². The third-order valence-electron chi connectivity index (χ3n) is 6.23. The highest BCUT2D eigenvalue weighted by molar-refractivity contribution is 5.78. The number of anilines is 1. The minimum absolute atomic E-state index is 0.189. The van der Waals surface area contributed by atoms with Crippen molar-refractivity contribution in [3.05, 3.63) is 24.3 Å². The molecule has 0 bridgehead atoms. The second-order valence-corrected chi connectivity index (χ2v) is 7.90. The van der Waals surface area contributed by atoms with Gasteiger partial charge in [-0.15, -0.1) is 0 Å². The second kappa shape index (κ2) is 8.76. The third-order valence-corrected chi connectivity index (χ3v) is 6.23. The minimum Gasteiger partial charge on any atom is -0.497 e. The van der Waals surface area contributed by atoms with E-state index in [1.807, 2.05) is 12.1 Å².